The van der Waals surface area contributed by atoms with E-state index in [2.05, 4.69) is 0 Å². The molecule has 1 aliphatic heterocycles. The maximum atomic E-state index is 11.9. The van der Waals surface area contributed by atoms with Gasteiger partial charge < -0.3 is 9.30 Å². The number of nitriles is 1. The zero-order valence-corrected chi connectivity index (χ0v) is 10.2. The van der Waals surface area contributed by atoms with Crippen LogP contribution in [0.15, 0.2) is 17.1 Å². The van der Waals surface area contributed by atoms with Gasteiger partial charge in [-0.25, -0.2) is 0 Å². The SMILES string of the molecule is N#Cc1cc([N+](=O)[O-])cn(C[C@@H]2CCCCO2)c1=O. The minimum Gasteiger partial charge on any atom is -0.376 e. The summed E-state index contributed by atoms with van der Waals surface area (Å²) in [5, 5.41) is 19.6. The van der Waals surface area contributed by atoms with E-state index in [1.807, 2.05) is 0 Å². The van der Waals surface area contributed by atoms with E-state index in [9.17, 15) is 14.9 Å². The molecular weight excluding hydrogens is 250 g/mol. The first-order chi connectivity index (χ1) is 9.11. The predicted octanol–water partition coefficient (Wildman–Crippen LogP) is 1.20. The number of nitro groups is 1. The summed E-state index contributed by atoms with van der Waals surface area (Å²) in [4.78, 5) is 22.1. The van der Waals surface area contributed by atoms with Crippen molar-refractivity contribution in [3.8, 4) is 6.07 Å². The largest absolute Gasteiger partial charge is 0.376 e. The van der Waals surface area contributed by atoms with Gasteiger partial charge in [0.25, 0.3) is 11.2 Å². The molecular formula is C12H13N3O4. The summed E-state index contributed by atoms with van der Waals surface area (Å²) in [7, 11) is 0. The Bertz CT molecular complexity index is 582. The topological polar surface area (TPSA) is 98.2 Å². The Kier molecular flexibility index (Phi) is 3.92. The van der Waals surface area contributed by atoms with Crippen molar-refractivity contribution in [3.05, 3.63) is 38.3 Å². The highest BCUT2D eigenvalue weighted by atomic mass is 16.6. The van der Waals surface area contributed by atoms with Crippen LogP contribution >= 0.6 is 0 Å². The highest BCUT2D eigenvalue weighted by Gasteiger charge is 2.18. The van der Waals surface area contributed by atoms with Crippen LogP contribution in [0.2, 0.25) is 0 Å². The highest BCUT2D eigenvalue weighted by molar-refractivity contribution is 5.37. The monoisotopic (exact) mass is 263 g/mol. The molecule has 2 heterocycles. The summed E-state index contributed by atoms with van der Waals surface area (Å²) >= 11 is 0. The van der Waals surface area contributed by atoms with Gasteiger partial charge in [-0.1, -0.05) is 0 Å². The number of ether oxygens (including phenoxy) is 1. The Balaban J connectivity index is 2.33. The molecule has 1 fully saturated rings. The zero-order chi connectivity index (χ0) is 13.8. The van der Waals surface area contributed by atoms with Gasteiger partial charge in [-0.3, -0.25) is 14.9 Å². The number of aromatic nitrogens is 1. The Morgan fingerprint density at radius 3 is 2.95 bits per heavy atom. The Labute approximate surface area is 109 Å². The fourth-order valence-corrected chi connectivity index (χ4v) is 2.11. The molecule has 0 spiro atoms. The molecule has 19 heavy (non-hydrogen) atoms. The van der Waals surface area contributed by atoms with E-state index in [4.69, 9.17) is 10.00 Å². The summed E-state index contributed by atoms with van der Waals surface area (Å²) in [5.41, 5.74) is -0.987. The van der Waals surface area contributed by atoms with E-state index in [0.717, 1.165) is 25.3 Å². The van der Waals surface area contributed by atoms with Gasteiger partial charge in [-0.15, -0.1) is 0 Å². The lowest BCUT2D eigenvalue weighted by Crippen LogP contribution is -2.31. The van der Waals surface area contributed by atoms with Crippen molar-refractivity contribution in [2.45, 2.75) is 31.9 Å². The molecule has 0 unspecified atom stereocenters. The molecule has 7 heteroatoms. The van der Waals surface area contributed by atoms with E-state index in [1.165, 1.54) is 10.8 Å². The van der Waals surface area contributed by atoms with Crippen LogP contribution in [0.1, 0.15) is 24.8 Å². The number of nitrogens with zero attached hydrogens (tertiary/aromatic N) is 3. The summed E-state index contributed by atoms with van der Waals surface area (Å²) < 4.78 is 6.70. The van der Waals surface area contributed by atoms with Crippen LogP contribution in [0.4, 0.5) is 5.69 Å². The average molecular weight is 263 g/mol. The second-order valence-electron chi connectivity index (χ2n) is 4.43. The average Bonchev–Trinajstić information content (AvgIpc) is 2.42. The number of rotatable bonds is 3. The molecule has 0 amide bonds. The summed E-state index contributed by atoms with van der Waals surface area (Å²) in [6.45, 7) is 0.884. The molecule has 7 nitrogen and oxygen atoms in total. The van der Waals surface area contributed by atoms with Crippen LogP contribution in [-0.2, 0) is 11.3 Å². The van der Waals surface area contributed by atoms with Gasteiger partial charge in [-0.2, -0.15) is 5.26 Å². The Morgan fingerprint density at radius 1 is 1.58 bits per heavy atom. The van der Waals surface area contributed by atoms with Gasteiger partial charge in [0.1, 0.15) is 11.6 Å². The van der Waals surface area contributed by atoms with Crippen molar-refractivity contribution in [2.24, 2.45) is 0 Å². The summed E-state index contributed by atoms with van der Waals surface area (Å²) in [5.74, 6) is 0. The minimum atomic E-state index is -0.613. The normalized spacial score (nSPS) is 18.8. The molecule has 0 N–H and O–H groups in total. The first-order valence-electron chi connectivity index (χ1n) is 6.02. The molecule has 0 saturated carbocycles. The lowest BCUT2D eigenvalue weighted by atomic mass is 10.1. The molecule has 1 aromatic rings. The van der Waals surface area contributed by atoms with Crippen LogP contribution in [-0.4, -0.2) is 22.2 Å². The van der Waals surface area contributed by atoms with E-state index in [0.29, 0.717) is 6.61 Å². The molecule has 0 bridgehead atoms. The van der Waals surface area contributed by atoms with E-state index < -0.39 is 10.5 Å². The fraction of sp³-hybridized carbons (Fsp3) is 0.500. The van der Waals surface area contributed by atoms with Crippen molar-refractivity contribution in [1.82, 2.24) is 4.57 Å². The van der Waals surface area contributed by atoms with Crippen molar-refractivity contribution in [2.75, 3.05) is 6.61 Å². The van der Waals surface area contributed by atoms with E-state index in [-0.39, 0.29) is 23.9 Å². The first-order valence-corrected chi connectivity index (χ1v) is 6.02. The van der Waals surface area contributed by atoms with Crippen LogP contribution in [0.3, 0.4) is 0 Å². The van der Waals surface area contributed by atoms with Crippen molar-refractivity contribution in [1.29, 1.82) is 5.26 Å². The molecule has 2 rings (SSSR count). The van der Waals surface area contributed by atoms with Crippen molar-refractivity contribution in [3.63, 3.8) is 0 Å². The van der Waals surface area contributed by atoms with Gasteiger partial charge in [0.2, 0.25) is 0 Å². The quantitative estimate of drug-likeness (QED) is 0.602. The molecule has 100 valence electrons. The zero-order valence-electron chi connectivity index (χ0n) is 10.2. The second-order valence-corrected chi connectivity index (χ2v) is 4.43. The molecule has 0 aliphatic carbocycles. The maximum Gasteiger partial charge on any atom is 0.287 e. The third-order valence-electron chi connectivity index (χ3n) is 3.08. The molecule has 0 aromatic carbocycles. The lowest BCUT2D eigenvalue weighted by Gasteiger charge is -2.23. The number of pyridine rings is 1. The van der Waals surface area contributed by atoms with Crippen LogP contribution < -0.4 is 5.56 Å². The van der Waals surface area contributed by atoms with Gasteiger partial charge >= 0.3 is 0 Å². The van der Waals surface area contributed by atoms with E-state index >= 15 is 0 Å². The summed E-state index contributed by atoms with van der Waals surface area (Å²) in [6, 6.07) is 2.69. The second kappa shape index (κ2) is 5.63. The van der Waals surface area contributed by atoms with Crippen LogP contribution in [0.5, 0.6) is 0 Å². The summed E-state index contributed by atoms with van der Waals surface area (Å²) in [6.07, 6.45) is 3.86. The highest BCUT2D eigenvalue weighted by Crippen LogP contribution is 2.15. The fourth-order valence-electron chi connectivity index (χ4n) is 2.11. The van der Waals surface area contributed by atoms with Gasteiger partial charge in [0, 0.05) is 12.7 Å². The smallest absolute Gasteiger partial charge is 0.287 e. The molecule has 1 aliphatic rings. The van der Waals surface area contributed by atoms with E-state index in [1.54, 1.807) is 6.07 Å². The Hall–Kier alpha value is -2.20. The van der Waals surface area contributed by atoms with Crippen molar-refractivity contribution >= 4 is 5.69 Å². The number of hydrogen-bond acceptors (Lipinski definition) is 5. The van der Waals surface area contributed by atoms with Crippen LogP contribution in [0.25, 0.3) is 0 Å². The maximum absolute atomic E-state index is 11.9. The standard InChI is InChI=1S/C12H13N3O4/c13-6-9-5-10(15(17)18)7-14(12(9)16)8-11-3-1-2-4-19-11/h5,7,11H,1-4,8H2/t11-/m0/s1. The molecule has 1 atom stereocenters. The van der Waals surface area contributed by atoms with Gasteiger partial charge in [0.15, 0.2) is 0 Å². The number of hydrogen-bond donors (Lipinski definition) is 0. The van der Waals surface area contributed by atoms with Crippen LogP contribution in [0, 0.1) is 21.4 Å². The lowest BCUT2D eigenvalue weighted by molar-refractivity contribution is -0.385. The minimum absolute atomic E-state index is 0.125. The van der Waals surface area contributed by atoms with Gasteiger partial charge in [0.05, 0.1) is 23.8 Å². The molecule has 0 radical (unpaired) electrons. The third kappa shape index (κ3) is 2.98. The molecule has 1 aromatic heterocycles. The molecule has 1 saturated heterocycles. The van der Waals surface area contributed by atoms with Gasteiger partial charge in [-0.05, 0) is 19.3 Å². The van der Waals surface area contributed by atoms with Crippen molar-refractivity contribution < 1.29 is 9.66 Å². The first kappa shape index (κ1) is 13.2. The Morgan fingerprint density at radius 2 is 2.37 bits per heavy atom. The third-order valence-corrected chi connectivity index (χ3v) is 3.08. The predicted molar refractivity (Wildman–Crippen MR) is 65.7 cm³/mol.